The van der Waals surface area contributed by atoms with Crippen molar-refractivity contribution in [3.8, 4) is 0 Å². The van der Waals surface area contributed by atoms with Crippen LogP contribution in [0, 0.1) is 6.92 Å². The maximum absolute atomic E-state index is 12.7. The van der Waals surface area contributed by atoms with Crippen LogP contribution in [0.25, 0.3) is 10.9 Å². The average molecular weight is 426 g/mol. The lowest BCUT2D eigenvalue weighted by molar-refractivity contribution is -0.114. The van der Waals surface area contributed by atoms with Crippen molar-refractivity contribution in [3.63, 3.8) is 0 Å². The zero-order valence-corrected chi connectivity index (χ0v) is 16.8. The molecule has 2 aromatic carbocycles. The first-order chi connectivity index (χ1) is 12.9. The van der Waals surface area contributed by atoms with Gasteiger partial charge in [-0.1, -0.05) is 28.1 Å². The van der Waals surface area contributed by atoms with Crippen molar-refractivity contribution in [3.05, 3.63) is 69.8 Å². The van der Waals surface area contributed by atoms with Crippen LogP contribution in [-0.4, -0.2) is 23.3 Å². The molecule has 27 heavy (non-hydrogen) atoms. The molecule has 0 atom stereocenters. The topological polar surface area (TPSA) is 71.1 Å². The summed E-state index contributed by atoms with van der Waals surface area (Å²) in [6.45, 7) is 3.89. The van der Waals surface area contributed by atoms with Crippen molar-refractivity contribution >= 4 is 44.3 Å². The Morgan fingerprint density at radius 3 is 2.52 bits per heavy atom. The van der Waals surface area contributed by atoms with Gasteiger partial charge < -0.3 is 10.6 Å². The Hall–Kier alpha value is -2.73. The lowest BCUT2D eigenvalue weighted by atomic mass is 10.1. The van der Waals surface area contributed by atoms with E-state index in [1.165, 1.54) is 6.92 Å². The predicted molar refractivity (Wildman–Crippen MR) is 111 cm³/mol. The molecule has 2 amide bonds. The number of pyridine rings is 1. The van der Waals surface area contributed by atoms with E-state index in [-0.39, 0.29) is 11.8 Å². The zero-order chi connectivity index (χ0) is 19.4. The molecule has 3 aromatic rings. The quantitative estimate of drug-likeness (QED) is 0.641. The van der Waals surface area contributed by atoms with E-state index >= 15 is 0 Å². The van der Waals surface area contributed by atoms with E-state index < -0.39 is 0 Å². The lowest BCUT2D eigenvalue weighted by Crippen LogP contribution is -2.26. The Balaban J connectivity index is 1.67. The van der Waals surface area contributed by atoms with Crippen LogP contribution in [0.4, 0.5) is 5.69 Å². The Kier molecular flexibility index (Phi) is 5.86. The monoisotopic (exact) mass is 425 g/mol. The number of carbonyl (C=O) groups is 2. The first-order valence-electron chi connectivity index (χ1n) is 8.64. The Labute approximate surface area is 166 Å². The maximum atomic E-state index is 12.7. The second kappa shape index (κ2) is 8.31. The summed E-state index contributed by atoms with van der Waals surface area (Å²) in [6.07, 6.45) is 0.706. The van der Waals surface area contributed by atoms with Gasteiger partial charge in [-0.25, -0.2) is 0 Å². The third-order valence-corrected chi connectivity index (χ3v) is 4.61. The maximum Gasteiger partial charge on any atom is 0.252 e. The Bertz CT molecular complexity index is 1000. The van der Waals surface area contributed by atoms with Gasteiger partial charge in [0.2, 0.25) is 5.91 Å². The minimum atomic E-state index is -0.113. The second-order valence-electron chi connectivity index (χ2n) is 6.36. The van der Waals surface area contributed by atoms with Gasteiger partial charge >= 0.3 is 0 Å². The summed E-state index contributed by atoms with van der Waals surface area (Å²) in [7, 11) is 0. The Morgan fingerprint density at radius 1 is 1.07 bits per heavy atom. The number of fused-ring (bicyclic) bond motifs is 1. The number of anilines is 1. The molecule has 138 valence electrons. The normalized spacial score (nSPS) is 10.6. The van der Waals surface area contributed by atoms with Crippen molar-refractivity contribution in [2.75, 3.05) is 11.9 Å². The molecule has 5 nitrogen and oxygen atoms in total. The molecule has 0 radical (unpaired) electrons. The highest BCUT2D eigenvalue weighted by Gasteiger charge is 2.12. The number of hydrogen-bond acceptors (Lipinski definition) is 3. The fraction of sp³-hybridized carbons (Fsp3) is 0.190. The molecule has 0 spiro atoms. The van der Waals surface area contributed by atoms with Crippen LogP contribution in [0.15, 0.2) is 53.0 Å². The predicted octanol–water partition coefficient (Wildman–Crippen LogP) is 4.24. The van der Waals surface area contributed by atoms with E-state index in [2.05, 4.69) is 31.5 Å². The van der Waals surface area contributed by atoms with Crippen LogP contribution in [-0.2, 0) is 11.2 Å². The molecule has 0 saturated heterocycles. The van der Waals surface area contributed by atoms with Crippen molar-refractivity contribution in [1.82, 2.24) is 10.3 Å². The smallest absolute Gasteiger partial charge is 0.252 e. The number of rotatable bonds is 5. The van der Waals surface area contributed by atoms with E-state index in [4.69, 9.17) is 0 Å². The van der Waals surface area contributed by atoms with Crippen molar-refractivity contribution in [2.24, 2.45) is 0 Å². The number of benzene rings is 2. The summed E-state index contributed by atoms with van der Waals surface area (Å²) < 4.78 is 0.911. The van der Waals surface area contributed by atoms with E-state index in [1.54, 1.807) is 0 Å². The summed E-state index contributed by atoms with van der Waals surface area (Å²) in [5, 5.41) is 6.54. The molecule has 0 bridgehead atoms. The van der Waals surface area contributed by atoms with Crippen molar-refractivity contribution in [1.29, 1.82) is 0 Å². The van der Waals surface area contributed by atoms with E-state index in [1.807, 2.05) is 55.5 Å². The minimum absolute atomic E-state index is 0.0958. The third kappa shape index (κ3) is 4.92. The fourth-order valence-electron chi connectivity index (χ4n) is 2.89. The van der Waals surface area contributed by atoms with Gasteiger partial charge in [0.15, 0.2) is 0 Å². The molecule has 0 unspecified atom stereocenters. The van der Waals surface area contributed by atoms with E-state index in [9.17, 15) is 9.59 Å². The molecule has 1 aromatic heterocycles. The van der Waals surface area contributed by atoms with Crippen LogP contribution < -0.4 is 10.6 Å². The molecule has 0 saturated carbocycles. The highest BCUT2D eigenvalue weighted by atomic mass is 79.9. The molecule has 0 fully saturated rings. The van der Waals surface area contributed by atoms with Crippen molar-refractivity contribution < 1.29 is 9.59 Å². The number of hydrogen-bond donors (Lipinski definition) is 2. The lowest BCUT2D eigenvalue weighted by Gasteiger charge is -2.10. The highest BCUT2D eigenvalue weighted by molar-refractivity contribution is 9.10. The average Bonchev–Trinajstić information content (AvgIpc) is 2.62. The SMILES string of the molecule is CC(=O)Nc1ccc(CCNC(=O)c2cc(C)nc3ccc(Br)cc23)cc1. The van der Waals surface area contributed by atoms with Crippen LogP contribution in [0.5, 0.6) is 0 Å². The number of amides is 2. The van der Waals surface area contributed by atoms with Gasteiger partial charge in [-0.2, -0.15) is 0 Å². The molecule has 1 heterocycles. The fourth-order valence-corrected chi connectivity index (χ4v) is 3.25. The van der Waals surface area contributed by atoms with Gasteiger partial charge in [0, 0.05) is 34.7 Å². The molecule has 6 heteroatoms. The summed E-state index contributed by atoms with van der Waals surface area (Å²) in [5.74, 6) is -0.208. The highest BCUT2D eigenvalue weighted by Crippen LogP contribution is 2.23. The molecule has 0 aliphatic carbocycles. The van der Waals surface area contributed by atoms with Crippen LogP contribution in [0.1, 0.15) is 28.5 Å². The Morgan fingerprint density at radius 2 is 1.81 bits per heavy atom. The standard InChI is InChI=1S/C21H20BrN3O2/c1-13-11-19(18-12-16(22)5-8-20(18)24-13)21(27)23-10-9-15-3-6-17(7-4-15)25-14(2)26/h3-8,11-12H,9-10H2,1-2H3,(H,23,27)(H,25,26). The van der Waals surface area contributed by atoms with Crippen LogP contribution in [0.2, 0.25) is 0 Å². The first kappa shape index (κ1) is 19.0. The number of nitrogens with zero attached hydrogens (tertiary/aromatic N) is 1. The van der Waals surface area contributed by atoms with Gasteiger partial charge in [-0.05, 0) is 55.3 Å². The summed E-state index contributed by atoms with van der Waals surface area (Å²) in [5.41, 5.74) is 4.09. The second-order valence-corrected chi connectivity index (χ2v) is 7.27. The van der Waals surface area contributed by atoms with Gasteiger partial charge in [0.1, 0.15) is 0 Å². The molecule has 2 N–H and O–H groups in total. The van der Waals surface area contributed by atoms with E-state index in [0.29, 0.717) is 18.5 Å². The van der Waals surface area contributed by atoms with Gasteiger partial charge in [-0.3, -0.25) is 14.6 Å². The summed E-state index contributed by atoms with van der Waals surface area (Å²) in [6, 6.07) is 15.2. The number of nitrogens with one attached hydrogen (secondary N) is 2. The van der Waals surface area contributed by atoms with Gasteiger partial charge in [-0.15, -0.1) is 0 Å². The van der Waals surface area contributed by atoms with Crippen LogP contribution in [0.3, 0.4) is 0 Å². The summed E-state index contributed by atoms with van der Waals surface area (Å²) >= 11 is 3.45. The third-order valence-electron chi connectivity index (χ3n) is 4.12. The minimum Gasteiger partial charge on any atom is -0.352 e. The van der Waals surface area contributed by atoms with Crippen molar-refractivity contribution in [2.45, 2.75) is 20.3 Å². The van der Waals surface area contributed by atoms with E-state index in [0.717, 1.165) is 32.3 Å². The molecular weight excluding hydrogens is 406 g/mol. The molecule has 0 aliphatic rings. The number of aromatic nitrogens is 1. The van der Waals surface area contributed by atoms with Gasteiger partial charge in [0.05, 0.1) is 11.1 Å². The molecule has 0 aliphatic heterocycles. The molecule has 3 rings (SSSR count). The number of carbonyl (C=O) groups excluding carboxylic acids is 2. The first-order valence-corrected chi connectivity index (χ1v) is 9.43. The van der Waals surface area contributed by atoms with Gasteiger partial charge in [0.25, 0.3) is 5.91 Å². The number of halogens is 1. The van der Waals surface area contributed by atoms with Crippen LogP contribution >= 0.6 is 15.9 Å². The zero-order valence-electron chi connectivity index (χ0n) is 15.2. The number of aryl methyl sites for hydroxylation is 1. The summed E-state index contributed by atoms with van der Waals surface area (Å²) in [4.78, 5) is 28.2. The largest absolute Gasteiger partial charge is 0.352 e. The molecular formula is C21H20BrN3O2.